The molecule has 7 heteroatoms. The van der Waals surface area contributed by atoms with E-state index in [4.69, 9.17) is 11.6 Å². The van der Waals surface area contributed by atoms with E-state index in [1.54, 1.807) is 0 Å². The van der Waals surface area contributed by atoms with E-state index in [-0.39, 0.29) is 16.4 Å². The number of nitrogens with one attached hydrogen (secondary N) is 1. The zero-order valence-electron chi connectivity index (χ0n) is 9.36. The van der Waals surface area contributed by atoms with Crippen LogP contribution in [0.3, 0.4) is 0 Å². The number of rotatable bonds is 3. The summed E-state index contributed by atoms with van der Waals surface area (Å²) in [5, 5.41) is 13.2. The molecular formula is C12H7ClF2N2O2. The second-order valence-corrected chi connectivity index (χ2v) is 4.08. The molecule has 0 aromatic heterocycles. The van der Waals surface area contributed by atoms with Gasteiger partial charge in [0.1, 0.15) is 11.6 Å². The molecule has 0 aliphatic carbocycles. The van der Waals surface area contributed by atoms with E-state index in [0.717, 1.165) is 18.2 Å². The standard InChI is InChI=1S/C12H7ClF2N2O2/c13-10-2-1-3-11(15)12(10)16-8-4-7(14)5-9(6-8)17(18)19/h1-6,16H. The van der Waals surface area contributed by atoms with Crippen LogP contribution in [0.4, 0.5) is 25.8 Å². The fourth-order valence-corrected chi connectivity index (χ4v) is 1.72. The Kier molecular flexibility index (Phi) is 3.62. The molecule has 0 amide bonds. The third kappa shape index (κ3) is 2.97. The second kappa shape index (κ2) is 5.19. The highest BCUT2D eigenvalue weighted by Gasteiger charge is 2.12. The van der Waals surface area contributed by atoms with Crippen LogP contribution in [0.5, 0.6) is 0 Å². The highest BCUT2D eigenvalue weighted by molar-refractivity contribution is 6.33. The van der Waals surface area contributed by atoms with Crippen molar-refractivity contribution in [1.29, 1.82) is 0 Å². The molecule has 98 valence electrons. The van der Waals surface area contributed by atoms with Crippen LogP contribution < -0.4 is 5.32 Å². The maximum Gasteiger partial charge on any atom is 0.274 e. The van der Waals surface area contributed by atoms with Crippen molar-refractivity contribution in [1.82, 2.24) is 0 Å². The minimum Gasteiger partial charge on any atom is -0.352 e. The molecule has 0 saturated heterocycles. The van der Waals surface area contributed by atoms with E-state index in [0.29, 0.717) is 0 Å². The van der Waals surface area contributed by atoms with Crippen LogP contribution in [0, 0.1) is 21.7 Å². The Bertz CT molecular complexity index is 629. The lowest BCUT2D eigenvalue weighted by molar-refractivity contribution is -0.385. The van der Waals surface area contributed by atoms with Crippen molar-refractivity contribution < 1.29 is 13.7 Å². The van der Waals surface area contributed by atoms with Crippen molar-refractivity contribution in [3.8, 4) is 0 Å². The Hall–Kier alpha value is -2.21. The van der Waals surface area contributed by atoms with Crippen LogP contribution in [0.2, 0.25) is 5.02 Å². The second-order valence-electron chi connectivity index (χ2n) is 3.68. The maximum atomic E-state index is 13.5. The van der Waals surface area contributed by atoms with Gasteiger partial charge in [0.15, 0.2) is 0 Å². The lowest BCUT2D eigenvalue weighted by atomic mass is 10.2. The van der Waals surface area contributed by atoms with Gasteiger partial charge in [-0.05, 0) is 18.2 Å². The minimum atomic E-state index is -0.802. The van der Waals surface area contributed by atoms with Crippen molar-refractivity contribution >= 4 is 28.7 Å². The van der Waals surface area contributed by atoms with Gasteiger partial charge in [-0.2, -0.15) is 0 Å². The third-order valence-corrected chi connectivity index (χ3v) is 2.64. The largest absolute Gasteiger partial charge is 0.352 e. The zero-order chi connectivity index (χ0) is 14.0. The summed E-state index contributed by atoms with van der Waals surface area (Å²) in [7, 11) is 0. The SMILES string of the molecule is O=[N+]([O-])c1cc(F)cc(Nc2c(F)cccc2Cl)c1. The number of anilines is 2. The molecule has 0 heterocycles. The highest BCUT2D eigenvalue weighted by Crippen LogP contribution is 2.30. The molecule has 2 aromatic carbocycles. The number of nitro benzene ring substituents is 1. The Balaban J connectivity index is 2.41. The van der Waals surface area contributed by atoms with Crippen molar-refractivity contribution in [3.63, 3.8) is 0 Å². The summed E-state index contributed by atoms with van der Waals surface area (Å²) in [6, 6.07) is 6.90. The molecule has 1 N–H and O–H groups in total. The van der Waals surface area contributed by atoms with Gasteiger partial charge in [0.05, 0.1) is 21.7 Å². The predicted octanol–water partition coefficient (Wildman–Crippen LogP) is 4.27. The molecule has 0 radical (unpaired) electrons. The number of nitro groups is 1. The molecule has 0 bridgehead atoms. The van der Waals surface area contributed by atoms with Gasteiger partial charge in [0.25, 0.3) is 5.69 Å². The number of benzene rings is 2. The average molecular weight is 285 g/mol. The van der Waals surface area contributed by atoms with Crippen molar-refractivity contribution in [2.24, 2.45) is 0 Å². The van der Waals surface area contributed by atoms with E-state index in [2.05, 4.69) is 5.32 Å². The summed E-state index contributed by atoms with van der Waals surface area (Å²) in [4.78, 5) is 9.86. The van der Waals surface area contributed by atoms with E-state index in [1.807, 2.05) is 0 Å². The first-order valence-corrected chi connectivity index (χ1v) is 5.51. The maximum absolute atomic E-state index is 13.5. The first-order chi connectivity index (χ1) is 8.97. The molecule has 0 spiro atoms. The number of non-ortho nitro benzene ring substituents is 1. The fraction of sp³-hybridized carbons (Fsp3) is 0. The van der Waals surface area contributed by atoms with Gasteiger partial charge >= 0.3 is 0 Å². The predicted molar refractivity (Wildman–Crippen MR) is 67.7 cm³/mol. The van der Waals surface area contributed by atoms with Crippen molar-refractivity contribution in [3.05, 3.63) is 63.2 Å². The number of hydrogen-bond acceptors (Lipinski definition) is 3. The molecule has 0 unspecified atom stereocenters. The van der Waals surface area contributed by atoms with Gasteiger partial charge in [-0.25, -0.2) is 8.78 Å². The average Bonchev–Trinajstić information content (AvgIpc) is 2.33. The quantitative estimate of drug-likeness (QED) is 0.676. The van der Waals surface area contributed by atoms with Crippen LogP contribution in [-0.2, 0) is 0 Å². The first-order valence-electron chi connectivity index (χ1n) is 5.13. The van der Waals surface area contributed by atoms with Crippen LogP contribution in [0.1, 0.15) is 0 Å². The summed E-state index contributed by atoms with van der Waals surface area (Å²) in [6.45, 7) is 0. The third-order valence-electron chi connectivity index (χ3n) is 2.33. The lowest BCUT2D eigenvalue weighted by Crippen LogP contribution is -1.97. The monoisotopic (exact) mass is 284 g/mol. The first kappa shape index (κ1) is 13.2. The van der Waals surface area contributed by atoms with E-state index >= 15 is 0 Å². The number of halogens is 3. The molecule has 0 aliphatic heterocycles. The van der Waals surface area contributed by atoms with Gasteiger partial charge in [-0.3, -0.25) is 10.1 Å². The number of para-hydroxylation sites is 1. The fourth-order valence-electron chi connectivity index (χ4n) is 1.51. The Morgan fingerprint density at radius 2 is 1.95 bits per heavy atom. The van der Waals surface area contributed by atoms with E-state index in [9.17, 15) is 18.9 Å². The summed E-state index contributed by atoms with van der Waals surface area (Å²) < 4.78 is 26.7. The molecule has 0 saturated carbocycles. The van der Waals surface area contributed by atoms with Crippen LogP contribution >= 0.6 is 11.6 Å². The van der Waals surface area contributed by atoms with Gasteiger partial charge in [-0.15, -0.1) is 0 Å². The van der Waals surface area contributed by atoms with Crippen molar-refractivity contribution in [2.75, 3.05) is 5.32 Å². The summed E-state index contributed by atoms with van der Waals surface area (Å²) >= 11 is 5.79. The lowest BCUT2D eigenvalue weighted by Gasteiger charge is -2.09. The van der Waals surface area contributed by atoms with Crippen molar-refractivity contribution in [2.45, 2.75) is 0 Å². The Morgan fingerprint density at radius 3 is 2.58 bits per heavy atom. The summed E-state index contributed by atoms with van der Waals surface area (Å²) in [6.07, 6.45) is 0. The Morgan fingerprint density at radius 1 is 1.21 bits per heavy atom. The van der Waals surface area contributed by atoms with E-state index < -0.39 is 22.2 Å². The molecule has 0 aliphatic rings. The van der Waals surface area contributed by atoms with Gasteiger partial charge in [0.2, 0.25) is 0 Å². The van der Waals surface area contributed by atoms with E-state index in [1.165, 1.54) is 18.2 Å². The van der Waals surface area contributed by atoms with Gasteiger partial charge in [0, 0.05) is 11.8 Å². The molecule has 0 fully saturated rings. The molecule has 2 rings (SSSR count). The Labute approximate surface area is 111 Å². The van der Waals surface area contributed by atoms with Crippen LogP contribution in [0.25, 0.3) is 0 Å². The van der Waals surface area contributed by atoms with Crippen LogP contribution in [0.15, 0.2) is 36.4 Å². The van der Waals surface area contributed by atoms with Crippen LogP contribution in [-0.4, -0.2) is 4.92 Å². The molecule has 0 atom stereocenters. The smallest absolute Gasteiger partial charge is 0.274 e. The highest BCUT2D eigenvalue weighted by atomic mass is 35.5. The number of nitrogens with zero attached hydrogens (tertiary/aromatic N) is 1. The number of hydrogen-bond donors (Lipinski definition) is 1. The molecular weight excluding hydrogens is 278 g/mol. The van der Waals surface area contributed by atoms with Gasteiger partial charge in [-0.1, -0.05) is 17.7 Å². The summed E-state index contributed by atoms with van der Waals surface area (Å²) in [5.74, 6) is -1.44. The molecule has 4 nitrogen and oxygen atoms in total. The topological polar surface area (TPSA) is 55.2 Å². The minimum absolute atomic E-state index is 0.0405. The van der Waals surface area contributed by atoms with Gasteiger partial charge < -0.3 is 5.32 Å². The zero-order valence-corrected chi connectivity index (χ0v) is 10.1. The normalized spacial score (nSPS) is 10.3. The molecule has 2 aromatic rings. The molecule has 19 heavy (non-hydrogen) atoms. The summed E-state index contributed by atoms with van der Waals surface area (Å²) in [5.41, 5.74) is -0.460.